The molecule has 0 saturated carbocycles. The highest BCUT2D eigenvalue weighted by Gasteiger charge is 2.12. The van der Waals surface area contributed by atoms with Crippen LogP contribution in [0.5, 0.6) is 17.2 Å². The van der Waals surface area contributed by atoms with E-state index in [2.05, 4.69) is 10.2 Å². The maximum atomic E-state index is 5.57. The van der Waals surface area contributed by atoms with E-state index in [1.807, 2.05) is 6.07 Å². The van der Waals surface area contributed by atoms with E-state index in [1.54, 1.807) is 33.3 Å². The number of nitrogens with zero attached hydrogens (tertiary/aromatic N) is 2. The third kappa shape index (κ3) is 2.53. The summed E-state index contributed by atoms with van der Waals surface area (Å²) in [4.78, 5) is 0. The molecule has 1 aromatic heterocycles. The predicted molar refractivity (Wildman–Crippen MR) is 62.9 cm³/mol. The van der Waals surface area contributed by atoms with Gasteiger partial charge in [0.2, 0.25) is 11.6 Å². The molecule has 18 heavy (non-hydrogen) atoms. The molecule has 0 fully saturated rings. The number of hydrogen-bond donors (Lipinski definition) is 0. The molecular weight excluding hydrogens is 236 g/mol. The van der Waals surface area contributed by atoms with Crippen LogP contribution in [0.25, 0.3) is 0 Å². The van der Waals surface area contributed by atoms with Crippen molar-refractivity contribution in [2.75, 3.05) is 14.2 Å². The summed E-state index contributed by atoms with van der Waals surface area (Å²) in [6.07, 6.45) is 0. The molecule has 0 aliphatic heterocycles. The van der Waals surface area contributed by atoms with Gasteiger partial charge in [-0.15, -0.1) is 10.2 Å². The largest absolute Gasteiger partial charge is 0.493 e. The zero-order chi connectivity index (χ0) is 13.0. The third-order valence-corrected chi connectivity index (χ3v) is 2.29. The summed E-state index contributed by atoms with van der Waals surface area (Å²) in [6, 6.07) is 5.39. The molecule has 6 nitrogen and oxygen atoms in total. The molecule has 1 aromatic carbocycles. The molecule has 0 aliphatic rings. The van der Waals surface area contributed by atoms with Gasteiger partial charge >= 0.3 is 0 Å². The highest BCUT2D eigenvalue weighted by Crippen LogP contribution is 2.36. The zero-order valence-electron chi connectivity index (χ0n) is 10.5. The van der Waals surface area contributed by atoms with Crippen molar-refractivity contribution in [3.05, 3.63) is 30.0 Å². The molecule has 6 heteroatoms. The lowest BCUT2D eigenvalue weighted by Gasteiger charge is -2.12. The first kappa shape index (κ1) is 12.2. The minimum Gasteiger partial charge on any atom is -0.493 e. The van der Waals surface area contributed by atoms with E-state index in [9.17, 15) is 0 Å². The summed E-state index contributed by atoms with van der Waals surface area (Å²) >= 11 is 0. The molecule has 0 amide bonds. The van der Waals surface area contributed by atoms with Crippen molar-refractivity contribution in [3.8, 4) is 17.2 Å². The van der Waals surface area contributed by atoms with Gasteiger partial charge in [-0.1, -0.05) is 6.07 Å². The van der Waals surface area contributed by atoms with Crippen LogP contribution in [0, 0.1) is 6.92 Å². The predicted octanol–water partition coefficient (Wildman–Crippen LogP) is 1.97. The summed E-state index contributed by atoms with van der Waals surface area (Å²) in [5.74, 6) is 2.63. The van der Waals surface area contributed by atoms with Gasteiger partial charge in [0.05, 0.1) is 14.2 Å². The lowest BCUT2D eigenvalue weighted by Crippen LogP contribution is -1.99. The van der Waals surface area contributed by atoms with E-state index in [0.717, 1.165) is 0 Å². The summed E-state index contributed by atoms with van der Waals surface area (Å²) in [6.45, 7) is 1.91. The van der Waals surface area contributed by atoms with E-state index in [4.69, 9.17) is 18.6 Å². The normalized spacial score (nSPS) is 10.2. The Hall–Kier alpha value is -2.24. The molecule has 2 rings (SSSR count). The number of hydrogen-bond acceptors (Lipinski definition) is 6. The summed E-state index contributed by atoms with van der Waals surface area (Å²) in [7, 11) is 3.13. The van der Waals surface area contributed by atoms with Crippen molar-refractivity contribution >= 4 is 0 Å². The highest BCUT2D eigenvalue weighted by atomic mass is 16.5. The number of para-hydroxylation sites is 1. The number of methoxy groups -OCH3 is 2. The van der Waals surface area contributed by atoms with Gasteiger partial charge in [-0.2, -0.15) is 0 Å². The van der Waals surface area contributed by atoms with Crippen LogP contribution in [0.15, 0.2) is 22.6 Å². The standard InChI is InChI=1S/C12H14N2O4/c1-8-13-14-11(18-8)7-17-10-6-4-5-9(15-2)12(10)16-3/h4-6H,7H2,1-3H3. The van der Waals surface area contributed by atoms with Gasteiger partial charge in [-0.25, -0.2) is 0 Å². The van der Waals surface area contributed by atoms with Gasteiger partial charge in [0.25, 0.3) is 5.89 Å². The van der Waals surface area contributed by atoms with Gasteiger partial charge in [0.1, 0.15) is 0 Å². The molecule has 0 bridgehead atoms. The molecule has 0 aliphatic carbocycles. The molecule has 0 unspecified atom stereocenters. The Labute approximate surface area is 104 Å². The molecule has 0 spiro atoms. The third-order valence-electron chi connectivity index (χ3n) is 2.29. The number of aromatic nitrogens is 2. The fraction of sp³-hybridized carbons (Fsp3) is 0.333. The molecule has 0 saturated heterocycles. The van der Waals surface area contributed by atoms with E-state index in [-0.39, 0.29) is 6.61 Å². The first-order chi connectivity index (χ1) is 8.74. The topological polar surface area (TPSA) is 66.6 Å². The second-order valence-corrected chi connectivity index (χ2v) is 3.50. The van der Waals surface area contributed by atoms with Crippen molar-refractivity contribution in [2.45, 2.75) is 13.5 Å². The quantitative estimate of drug-likeness (QED) is 0.808. The summed E-state index contributed by atoms with van der Waals surface area (Å²) in [5, 5.41) is 7.57. The van der Waals surface area contributed by atoms with Gasteiger partial charge < -0.3 is 18.6 Å². The highest BCUT2D eigenvalue weighted by molar-refractivity contribution is 5.50. The van der Waals surface area contributed by atoms with Gasteiger partial charge in [-0.05, 0) is 12.1 Å². The Morgan fingerprint density at radius 3 is 2.50 bits per heavy atom. The Balaban J connectivity index is 2.13. The van der Waals surface area contributed by atoms with Crippen LogP contribution in [-0.4, -0.2) is 24.4 Å². The summed E-state index contributed by atoms with van der Waals surface area (Å²) in [5.41, 5.74) is 0. The van der Waals surface area contributed by atoms with Gasteiger partial charge in [0.15, 0.2) is 18.1 Å². The molecule has 0 radical (unpaired) electrons. The second-order valence-electron chi connectivity index (χ2n) is 3.50. The average molecular weight is 250 g/mol. The van der Waals surface area contributed by atoms with Crippen molar-refractivity contribution < 1.29 is 18.6 Å². The van der Waals surface area contributed by atoms with Crippen LogP contribution < -0.4 is 14.2 Å². The first-order valence-electron chi connectivity index (χ1n) is 5.37. The number of rotatable bonds is 5. The van der Waals surface area contributed by atoms with Crippen LogP contribution in [-0.2, 0) is 6.61 Å². The Kier molecular flexibility index (Phi) is 3.66. The van der Waals surface area contributed by atoms with Crippen LogP contribution in [0.1, 0.15) is 11.8 Å². The van der Waals surface area contributed by atoms with Crippen LogP contribution >= 0.6 is 0 Å². The van der Waals surface area contributed by atoms with E-state index in [0.29, 0.717) is 29.0 Å². The Morgan fingerprint density at radius 1 is 1.11 bits per heavy atom. The molecule has 2 aromatic rings. The van der Waals surface area contributed by atoms with Gasteiger partial charge in [-0.3, -0.25) is 0 Å². The van der Waals surface area contributed by atoms with Crippen LogP contribution in [0.4, 0.5) is 0 Å². The summed E-state index contributed by atoms with van der Waals surface area (Å²) < 4.78 is 21.2. The Bertz CT molecular complexity index is 525. The monoisotopic (exact) mass is 250 g/mol. The molecule has 96 valence electrons. The van der Waals surface area contributed by atoms with Crippen LogP contribution in [0.3, 0.4) is 0 Å². The van der Waals surface area contributed by atoms with Crippen molar-refractivity contribution in [2.24, 2.45) is 0 Å². The maximum absolute atomic E-state index is 5.57. The van der Waals surface area contributed by atoms with Crippen LogP contribution in [0.2, 0.25) is 0 Å². The molecular formula is C12H14N2O4. The van der Waals surface area contributed by atoms with Gasteiger partial charge in [0, 0.05) is 6.92 Å². The Morgan fingerprint density at radius 2 is 1.89 bits per heavy atom. The lowest BCUT2D eigenvalue weighted by molar-refractivity contribution is 0.243. The lowest BCUT2D eigenvalue weighted by atomic mass is 10.3. The van der Waals surface area contributed by atoms with E-state index in [1.165, 1.54) is 0 Å². The minimum absolute atomic E-state index is 0.185. The maximum Gasteiger partial charge on any atom is 0.253 e. The van der Waals surface area contributed by atoms with E-state index >= 15 is 0 Å². The number of ether oxygens (including phenoxy) is 3. The second kappa shape index (κ2) is 5.39. The van der Waals surface area contributed by atoms with E-state index < -0.39 is 0 Å². The van der Waals surface area contributed by atoms with Crippen molar-refractivity contribution in [3.63, 3.8) is 0 Å². The number of aryl methyl sites for hydroxylation is 1. The minimum atomic E-state index is 0.185. The molecule has 0 atom stereocenters. The average Bonchev–Trinajstić information content (AvgIpc) is 2.81. The number of benzene rings is 1. The molecule has 0 N–H and O–H groups in total. The molecule has 1 heterocycles. The fourth-order valence-electron chi connectivity index (χ4n) is 1.51. The van der Waals surface area contributed by atoms with Crippen molar-refractivity contribution in [1.82, 2.24) is 10.2 Å². The zero-order valence-corrected chi connectivity index (χ0v) is 10.5. The SMILES string of the molecule is COc1cccc(OCc2nnc(C)o2)c1OC. The van der Waals surface area contributed by atoms with Crippen molar-refractivity contribution in [1.29, 1.82) is 0 Å². The fourth-order valence-corrected chi connectivity index (χ4v) is 1.51. The smallest absolute Gasteiger partial charge is 0.253 e. The first-order valence-corrected chi connectivity index (χ1v) is 5.37.